The van der Waals surface area contributed by atoms with E-state index in [-0.39, 0.29) is 11.8 Å². The van der Waals surface area contributed by atoms with Crippen molar-refractivity contribution in [2.45, 2.75) is 19.9 Å². The van der Waals surface area contributed by atoms with Crippen LogP contribution in [0.15, 0.2) is 12.1 Å². The van der Waals surface area contributed by atoms with E-state index in [1.165, 1.54) is 12.1 Å². The first-order chi connectivity index (χ1) is 7.82. The van der Waals surface area contributed by atoms with Crippen LogP contribution in [-0.2, 0) is 4.79 Å². The Morgan fingerprint density at radius 3 is 2.24 bits per heavy atom. The van der Waals surface area contributed by atoms with Gasteiger partial charge in [-0.15, -0.1) is 0 Å². The number of nitrogens with two attached hydrogens (primary N) is 1. The van der Waals surface area contributed by atoms with E-state index < -0.39 is 6.04 Å². The summed E-state index contributed by atoms with van der Waals surface area (Å²) in [6.07, 6.45) is 0. The summed E-state index contributed by atoms with van der Waals surface area (Å²) in [7, 11) is 0. The molecule has 1 aromatic rings. The third-order valence-corrected chi connectivity index (χ3v) is 3.32. The minimum absolute atomic E-state index is 0.0385. The van der Waals surface area contributed by atoms with Gasteiger partial charge in [0.25, 0.3) is 0 Å². The maximum absolute atomic E-state index is 11.7. The Morgan fingerprint density at radius 2 is 1.71 bits per heavy atom. The van der Waals surface area contributed by atoms with Crippen molar-refractivity contribution in [3.8, 4) is 0 Å². The number of rotatable bonds is 3. The van der Waals surface area contributed by atoms with Gasteiger partial charge in [-0.3, -0.25) is 4.79 Å². The molecule has 0 saturated carbocycles. The van der Waals surface area contributed by atoms with E-state index in [0.29, 0.717) is 20.8 Å². The van der Waals surface area contributed by atoms with Crippen LogP contribution in [0.5, 0.6) is 0 Å². The van der Waals surface area contributed by atoms with Crippen LogP contribution >= 0.6 is 34.8 Å². The second kappa shape index (κ2) is 5.91. The Balaban J connectivity index is 2.89. The van der Waals surface area contributed by atoms with Crippen molar-refractivity contribution in [3.63, 3.8) is 0 Å². The molecule has 0 radical (unpaired) electrons. The largest absolute Gasteiger partial charge is 0.323 e. The predicted molar refractivity (Wildman–Crippen MR) is 72.9 cm³/mol. The lowest BCUT2D eigenvalue weighted by Crippen LogP contribution is -2.39. The van der Waals surface area contributed by atoms with Crippen molar-refractivity contribution in [2.75, 3.05) is 5.32 Å². The van der Waals surface area contributed by atoms with Gasteiger partial charge in [0.05, 0.1) is 26.8 Å². The molecule has 17 heavy (non-hydrogen) atoms. The number of benzene rings is 1. The van der Waals surface area contributed by atoms with Crippen LogP contribution in [0.2, 0.25) is 15.1 Å². The van der Waals surface area contributed by atoms with Gasteiger partial charge >= 0.3 is 0 Å². The number of halogens is 3. The minimum Gasteiger partial charge on any atom is -0.323 e. The van der Waals surface area contributed by atoms with Gasteiger partial charge in [0.2, 0.25) is 5.91 Å². The highest BCUT2D eigenvalue weighted by Gasteiger charge is 2.18. The van der Waals surface area contributed by atoms with Gasteiger partial charge in [-0.1, -0.05) is 48.7 Å². The van der Waals surface area contributed by atoms with E-state index in [2.05, 4.69) is 5.32 Å². The van der Waals surface area contributed by atoms with Crippen LogP contribution < -0.4 is 11.1 Å². The summed E-state index contributed by atoms with van der Waals surface area (Å²) in [5, 5.41) is 3.60. The van der Waals surface area contributed by atoms with Gasteiger partial charge in [0, 0.05) is 0 Å². The Labute approximate surface area is 115 Å². The van der Waals surface area contributed by atoms with Crippen molar-refractivity contribution in [1.29, 1.82) is 0 Å². The first kappa shape index (κ1) is 14.6. The number of carbonyl (C=O) groups excluding carboxylic acids is 1. The van der Waals surface area contributed by atoms with Crippen LogP contribution in [0.1, 0.15) is 13.8 Å². The van der Waals surface area contributed by atoms with Crippen LogP contribution in [0.3, 0.4) is 0 Å². The van der Waals surface area contributed by atoms with E-state index in [1.54, 1.807) is 0 Å². The molecule has 94 valence electrons. The maximum atomic E-state index is 11.7. The third kappa shape index (κ3) is 3.75. The van der Waals surface area contributed by atoms with E-state index >= 15 is 0 Å². The monoisotopic (exact) mass is 294 g/mol. The van der Waals surface area contributed by atoms with Gasteiger partial charge < -0.3 is 11.1 Å². The van der Waals surface area contributed by atoms with E-state index in [9.17, 15) is 4.79 Å². The zero-order chi connectivity index (χ0) is 13.2. The van der Waals surface area contributed by atoms with Crippen molar-refractivity contribution in [2.24, 2.45) is 11.7 Å². The zero-order valence-corrected chi connectivity index (χ0v) is 11.7. The summed E-state index contributed by atoms with van der Waals surface area (Å²) in [6, 6.07) is 2.37. The lowest BCUT2D eigenvalue weighted by atomic mass is 10.1. The summed E-state index contributed by atoms with van der Waals surface area (Å²) in [5.41, 5.74) is 6.12. The molecule has 0 saturated heterocycles. The average Bonchev–Trinajstić information content (AvgIpc) is 2.24. The quantitative estimate of drug-likeness (QED) is 0.838. The molecule has 1 rings (SSSR count). The van der Waals surface area contributed by atoms with E-state index in [4.69, 9.17) is 40.5 Å². The third-order valence-electron chi connectivity index (χ3n) is 2.29. The molecule has 0 aliphatic rings. The van der Waals surface area contributed by atoms with Crippen LogP contribution in [0, 0.1) is 5.92 Å². The lowest BCUT2D eigenvalue weighted by molar-refractivity contribution is -0.118. The van der Waals surface area contributed by atoms with Crippen molar-refractivity contribution in [3.05, 3.63) is 27.2 Å². The molecule has 1 atom stereocenters. The molecule has 1 aromatic carbocycles. The highest BCUT2D eigenvalue weighted by Crippen LogP contribution is 2.32. The molecule has 3 N–H and O–H groups in total. The normalized spacial score (nSPS) is 12.6. The number of amides is 1. The van der Waals surface area contributed by atoms with E-state index in [1.807, 2.05) is 13.8 Å². The highest BCUT2D eigenvalue weighted by atomic mass is 35.5. The lowest BCUT2D eigenvalue weighted by Gasteiger charge is -2.16. The van der Waals surface area contributed by atoms with E-state index in [0.717, 1.165) is 0 Å². The number of nitrogens with one attached hydrogen (secondary N) is 1. The van der Waals surface area contributed by atoms with Gasteiger partial charge in [-0.05, 0) is 18.1 Å². The fourth-order valence-electron chi connectivity index (χ4n) is 1.14. The second-order valence-corrected chi connectivity index (χ2v) is 5.23. The molecular weight excluding hydrogens is 282 g/mol. The molecule has 3 nitrogen and oxygen atoms in total. The fourth-order valence-corrected chi connectivity index (χ4v) is 1.73. The number of hydrogen-bond acceptors (Lipinski definition) is 2. The van der Waals surface area contributed by atoms with Crippen LogP contribution in [0.25, 0.3) is 0 Å². The van der Waals surface area contributed by atoms with Crippen LogP contribution in [0.4, 0.5) is 5.69 Å². The topological polar surface area (TPSA) is 55.1 Å². The smallest absolute Gasteiger partial charge is 0.241 e. The highest BCUT2D eigenvalue weighted by molar-refractivity contribution is 6.44. The summed E-state index contributed by atoms with van der Waals surface area (Å²) < 4.78 is 0. The molecule has 0 fully saturated rings. The molecule has 0 aliphatic heterocycles. The van der Waals surface area contributed by atoms with Gasteiger partial charge in [-0.2, -0.15) is 0 Å². The second-order valence-electron chi connectivity index (χ2n) is 4.01. The molecular formula is C11H13Cl3N2O. The predicted octanol–water partition coefficient (Wildman–Crippen LogP) is 3.57. The summed E-state index contributed by atoms with van der Waals surface area (Å²) in [6.45, 7) is 3.72. The molecule has 1 amide bonds. The van der Waals surface area contributed by atoms with Gasteiger partial charge in [-0.25, -0.2) is 0 Å². The van der Waals surface area contributed by atoms with Gasteiger partial charge in [0.15, 0.2) is 0 Å². The summed E-state index contributed by atoms with van der Waals surface area (Å²) >= 11 is 17.6. The minimum atomic E-state index is -0.597. The Kier molecular flexibility index (Phi) is 5.07. The maximum Gasteiger partial charge on any atom is 0.241 e. The molecule has 0 heterocycles. The average molecular weight is 296 g/mol. The van der Waals surface area contributed by atoms with Crippen molar-refractivity contribution in [1.82, 2.24) is 0 Å². The Morgan fingerprint density at radius 1 is 1.18 bits per heavy atom. The number of carbonyl (C=O) groups is 1. The first-order valence-electron chi connectivity index (χ1n) is 5.04. The molecule has 1 unspecified atom stereocenters. The molecule has 6 heteroatoms. The molecule has 0 aromatic heterocycles. The molecule has 0 aliphatic carbocycles. The number of hydrogen-bond donors (Lipinski definition) is 2. The summed E-state index contributed by atoms with van der Waals surface area (Å²) in [4.78, 5) is 11.7. The zero-order valence-electron chi connectivity index (χ0n) is 9.43. The Hall–Kier alpha value is -0.480. The van der Waals surface area contributed by atoms with Crippen molar-refractivity contribution >= 4 is 46.4 Å². The number of anilines is 1. The molecule has 0 bridgehead atoms. The van der Waals surface area contributed by atoms with Gasteiger partial charge in [0.1, 0.15) is 0 Å². The SMILES string of the molecule is CC(C)C(N)C(=O)Nc1cc(Cl)c(Cl)cc1Cl. The first-order valence-corrected chi connectivity index (χ1v) is 6.17. The summed E-state index contributed by atoms with van der Waals surface area (Å²) in [5.74, 6) is -0.267. The molecule has 0 spiro atoms. The standard InChI is InChI=1S/C11H13Cl3N2O/c1-5(2)10(15)11(17)16-9-4-7(13)6(12)3-8(9)14/h3-5,10H,15H2,1-2H3,(H,16,17). The van der Waals surface area contributed by atoms with Crippen molar-refractivity contribution < 1.29 is 4.79 Å². The fraction of sp³-hybridized carbons (Fsp3) is 0.364. The Bertz CT molecular complexity index is 435. The van der Waals surface area contributed by atoms with Crippen LogP contribution in [-0.4, -0.2) is 11.9 Å².